The molecule has 2 aromatic rings. The molecule has 19 heavy (non-hydrogen) atoms. The van der Waals surface area contributed by atoms with Crippen LogP contribution in [-0.4, -0.2) is 8.42 Å². The minimum Gasteiger partial charge on any atom is -0.398 e. The van der Waals surface area contributed by atoms with Crippen LogP contribution in [0, 0.1) is 6.92 Å². The van der Waals surface area contributed by atoms with Gasteiger partial charge in [0, 0.05) is 10.2 Å². The Labute approximate surface area is 120 Å². The standard InChI is InChI=1S/C13H13BrN2O2S/c1-9-5-6-13(12(15)7-9)19(17,18)16-11-4-2-3-10(14)8-11/h2-8,16H,15H2,1H3. The molecule has 0 aliphatic heterocycles. The number of hydrogen-bond donors (Lipinski definition) is 2. The fourth-order valence-corrected chi connectivity index (χ4v) is 3.24. The zero-order chi connectivity index (χ0) is 14.0. The Morgan fingerprint density at radius 1 is 1.16 bits per heavy atom. The number of anilines is 2. The van der Waals surface area contributed by atoms with Crippen molar-refractivity contribution < 1.29 is 8.42 Å². The molecule has 0 saturated carbocycles. The number of halogens is 1. The number of nitrogens with one attached hydrogen (secondary N) is 1. The van der Waals surface area contributed by atoms with Gasteiger partial charge in [0.25, 0.3) is 10.0 Å². The number of benzene rings is 2. The number of aryl methyl sites for hydroxylation is 1. The van der Waals surface area contributed by atoms with Crippen molar-refractivity contribution in [3.05, 3.63) is 52.5 Å². The van der Waals surface area contributed by atoms with E-state index in [-0.39, 0.29) is 10.6 Å². The van der Waals surface area contributed by atoms with E-state index < -0.39 is 10.0 Å². The Balaban J connectivity index is 2.38. The molecule has 3 N–H and O–H groups in total. The van der Waals surface area contributed by atoms with Gasteiger partial charge in [-0.2, -0.15) is 0 Å². The number of sulfonamides is 1. The molecule has 0 spiro atoms. The fraction of sp³-hybridized carbons (Fsp3) is 0.0769. The summed E-state index contributed by atoms with van der Waals surface area (Å²) >= 11 is 3.29. The Kier molecular flexibility index (Phi) is 3.82. The highest BCUT2D eigenvalue weighted by molar-refractivity contribution is 9.10. The van der Waals surface area contributed by atoms with Crippen molar-refractivity contribution in [2.45, 2.75) is 11.8 Å². The van der Waals surface area contributed by atoms with Crippen molar-refractivity contribution in [1.82, 2.24) is 0 Å². The SMILES string of the molecule is Cc1ccc(S(=O)(=O)Nc2cccc(Br)c2)c(N)c1. The quantitative estimate of drug-likeness (QED) is 0.843. The van der Waals surface area contributed by atoms with Crippen LogP contribution in [0.25, 0.3) is 0 Å². The minimum absolute atomic E-state index is 0.0816. The van der Waals surface area contributed by atoms with Crippen molar-refractivity contribution in [3.63, 3.8) is 0 Å². The summed E-state index contributed by atoms with van der Waals surface area (Å²) in [7, 11) is -3.67. The van der Waals surface area contributed by atoms with Gasteiger partial charge in [0.1, 0.15) is 4.90 Å². The van der Waals surface area contributed by atoms with E-state index in [1.165, 1.54) is 6.07 Å². The number of nitrogens with two attached hydrogens (primary N) is 1. The molecule has 0 aliphatic carbocycles. The third-order valence-corrected chi connectivity index (χ3v) is 4.48. The van der Waals surface area contributed by atoms with E-state index in [1.807, 2.05) is 13.0 Å². The van der Waals surface area contributed by atoms with Crippen LogP contribution in [-0.2, 0) is 10.0 Å². The van der Waals surface area contributed by atoms with Crippen LogP contribution >= 0.6 is 15.9 Å². The lowest BCUT2D eigenvalue weighted by Gasteiger charge is -2.10. The number of rotatable bonds is 3. The molecule has 0 bridgehead atoms. The Hall–Kier alpha value is -1.53. The monoisotopic (exact) mass is 340 g/mol. The van der Waals surface area contributed by atoms with Crippen LogP contribution in [0.5, 0.6) is 0 Å². The van der Waals surface area contributed by atoms with Crippen LogP contribution in [0.4, 0.5) is 11.4 Å². The first kappa shape index (κ1) is 13.9. The lowest BCUT2D eigenvalue weighted by Crippen LogP contribution is -2.14. The average molecular weight is 341 g/mol. The molecule has 4 nitrogen and oxygen atoms in total. The second-order valence-corrected chi connectivity index (χ2v) is 6.72. The smallest absolute Gasteiger partial charge is 0.263 e. The topological polar surface area (TPSA) is 72.2 Å². The zero-order valence-electron chi connectivity index (χ0n) is 10.2. The molecule has 0 aliphatic rings. The molecule has 0 amide bonds. The van der Waals surface area contributed by atoms with Crippen molar-refractivity contribution in [2.75, 3.05) is 10.5 Å². The second kappa shape index (κ2) is 5.22. The van der Waals surface area contributed by atoms with E-state index in [4.69, 9.17) is 5.73 Å². The van der Waals surface area contributed by atoms with Crippen LogP contribution in [0.1, 0.15) is 5.56 Å². The molecule has 2 aromatic carbocycles. The Bertz CT molecular complexity index is 714. The van der Waals surface area contributed by atoms with Crippen molar-refractivity contribution in [2.24, 2.45) is 0 Å². The van der Waals surface area contributed by atoms with Gasteiger partial charge in [-0.1, -0.05) is 28.1 Å². The van der Waals surface area contributed by atoms with Crippen molar-refractivity contribution >= 4 is 37.3 Å². The first-order valence-corrected chi connectivity index (χ1v) is 7.80. The van der Waals surface area contributed by atoms with E-state index in [2.05, 4.69) is 20.7 Å². The molecule has 2 rings (SSSR count). The van der Waals surface area contributed by atoms with E-state index in [0.29, 0.717) is 5.69 Å². The highest BCUT2D eigenvalue weighted by atomic mass is 79.9. The summed E-state index contributed by atoms with van der Waals surface area (Å²) in [6, 6.07) is 11.8. The number of hydrogen-bond acceptors (Lipinski definition) is 3. The third-order valence-electron chi connectivity index (χ3n) is 2.53. The summed E-state index contributed by atoms with van der Waals surface area (Å²) < 4.78 is 27.8. The average Bonchev–Trinajstić information content (AvgIpc) is 2.27. The van der Waals surface area contributed by atoms with Gasteiger partial charge in [-0.3, -0.25) is 4.72 Å². The largest absolute Gasteiger partial charge is 0.398 e. The van der Waals surface area contributed by atoms with Gasteiger partial charge in [0.05, 0.1) is 5.69 Å². The lowest BCUT2D eigenvalue weighted by molar-refractivity contribution is 0.601. The van der Waals surface area contributed by atoms with Crippen LogP contribution in [0.3, 0.4) is 0 Å². The van der Waals surface area contributed by atoms with Gasteiger partial charge in [0.2, 0.25) is 0 Å². The van der Waals surface area contributed by atoms with Crippen LogP contribution in [0.2, 0.25) is 0 Å². The molecular weight excluding hydrogens is 328 g/mol. The van der Waals surface area contributed by atoms with Gasteiger partial charge in [-0.25, -0.2) is 8.42 Å². The maximum atomic E-state index is 12.2. The van der Waals surface area contributed by atoms with Crippen molar-refractivity contribution in [1.29, 1.82) is 0 Å². The van der Waals surface area contributed by atoms with Crippen LogP contribution < -0.4 is 10.5 Å². The first-order chi connectivity index (χ1) is 8.88. The number of nitrogen functional groups attached to an aromatic ring is 1. The summed E-state index contributed by atoms with van der Waals surface area (Å²) in [5.74, 6) is 0. The van der Waals surface area contributed by atoms with Crippen LogP contribution in [0.15, 0.2) is 51.8 Å². The molecule has 0 saturated heterocycles. The molecule has 6 heteroatoms. The first-order valence-electron chi connectivity index (χ1n) is 5.53. The van der Waals surface area contributed by atoms with E-state index in [1.54, 1.807) is 30.3 Å². The highest BCUT2D eigenvalue weighted by Gasteiger charge is 2.17. The zero-order valence-corrected chi connectivity index (χ0v) is 12.6. The summed E-state index contributed by atoms with van der Waals surface area (Å²) in [6.45, 7) is 1.86. The lowest BCUT2D eigenvalue weighted by atomic mass is 10.2. The molecule has 0 heterocycles. The minimum atomic E-state index is -3.67. The van der Waals surface area contributed by atoms with E-state index >= 15 is 0 Å². The van der Waals surface area contributed by atoms with E-state index in [0.717, 1.165) is 10.0 Å². The van der Waals surface area contributed by atoms with Gasteiger partial charge in [-0.15, -0.1) is 0 Å². The van der Waals surface area contributed by atoms with E-state index in [9.17, 15) is 8.42 Å². The van der Waals surface area contributed by atoms with Gasteiger partial charge in [-0.05, 0) is 42.8 Å². The molecular formula is C13H13BrN2O2S. The molecule has 0 aromatic heterocycles. The predicted molar refractivity (Wildman–Crippen MR) is 80.5 cm³/mol. The molecule has 100 valence electrons. The molecule has 0 radical (unpaired) electrons. The Morgan fingerprint density at radius 3 is 2.53 bits per heavy atom. The van der Waals surface area contributed by atoms with Gasteiger partial charge < -0.3 is 5.73 Å². The maximum absolute atomic E-state index is 12.2. The molecule has 0 unspecified atom stereocenters. The van der Waals surface area contributed by atoms with Gasteiger partial charge >= 0.3 is 0 Å². The summed E-state index contributed by atoms with van der Waals surface area (Å²) in [4.78, 5) is 0.0816. The summed E-state index contributed by atoms with van der Waals surface area (Å²) in [6.07, 6.45) is 0. The third kappa shape index (κ3) is 3.27. The summed E-state index contributed by atoms with van der Waals surface area (Å²) in [5.41, 5.74) is 7.40. The second-order valence-electron chi connectivity index (χ2n) is 4.16. The Morgan fingerprint density at radius 2 is 1.89 bits per heavy atom. The predicted octanol–water partition coefficient (Wildman–Crippen LogP) is 3.14. The normalized spacial score (nSPS) is 11.3. The highest BCUT2D eigenvalue weighted by Crippen LogP contribution is 2.23. The van der Waals surface area contributed by atoms with Gasteiger partial charge in [0.15, 0.2) is 0 Å². The molecule has 0 fully saturated rings. The maximum Gasteiger partial charge on any atom is 0.263 e. The fourth-order valence-electron chi connectivity index (χ4n) is 1.67. The van der Waals surface area contributed by atoms with Crippen molar-refractivity contribution in [3.8, 4) is 0 Å². The summed E-state index contributed by atoms with van der Waals surface area (Å²) in [5, 5.41) is 0. The molecule has 0 atom stereocenters.